The molecular weight excluding hydrogens is 460 g/mol. The Labute approximate surface area is 211 Å². The van der Waals surface area contributed by atoms with Crippen molar-refractivity contribution < 1.29 is 14.4 Å². The summed E-state index contributed by atoms with van der Waals surface area (Å²) in [4.78, 5) is 46.6. The monoisotopic (exact) mass is 494 g/mol. The van der Waals surface area contributed by atoms with Crippen LogP contribution >= 0.6 is 11.3 Å². The van der Waals surface area contributed by atoms with Gasteiger partial charge < -0.3 is 15.1 Å². The Bertz CT molecular complexity index is 1030. The van der Waals surface area contributed by atoms with Gasteiger partial charge >= 0.3 is 6.03 Å². The lowest BCUT2D eigenvalue weighted by Crippen LogP contribution is -2.58. The molecule has 8 heteroatoms. The molecule has 3 aliphatic heterocycles. The maximum absolute atomic E-state index is 13.9. The maximum Gasteiger partial charge on any atom is 0.325 e. The molecule has 0 unspecified atom stereocenters. The van der Waals surface area contributed by atoms with E-state index in [2.05, 4.69) is 10.2 Å². The summed E-state index contributed by atoms with van der Waals surface area (Å²) in [5.41, 5.74) is 0.0885. The van der Waals surface area contributed by atoms with Crippen LogP contribution in [0.2, 0.25) is 0 Å². The smallest absolute Gasteiger partial charge is 0.325 e. The third-order valence-corrected chi connectivity index (χ3v) is 8.69. The molecule has 2 aromatic rings. The Morgan fingerprint density at radius 1 is 0.971 bits per heavy atom. The van der Waals surface area contributed by atoms with Crippen molar-refractivity contribution in [2.45, 2.75) is 44.1 Å². The number of thiophene rings is 1. The minimum absolute atomic E-state index is 0.0123. The quantitative estimate of drug-likeness (QED) is 0.573. The van der Waals surface area contributed by atoms with E-state index in [1.807, 2.05) is 52.7 Å². The number of likely N-dealkylation sites (tertiary alicyclic amines) is 2. The number of nitrogens with zero attached hydrogens (tertiary/aromatic N) is 3. The Hall–Kier alpha value is -2.71. The number of carbonyl (C=O) groups is 3. The molecule has 7 nitrogen and oxygen atoms in total. The van der Waals surface area contributed by atoms with Crippen LogP contribution in [0.3, 0.4) is 0 Å². The SMILES string of the molecule is O=C(Cc1cccs1)N1CCC([C@@]2(Cc3ccccc3)NC(=O)N(CCN3CCCC3)C2=O)CC1. The van der Waals surface area contributed by atoms with E-state index in [4.69, 9.17) is 0 Å². The first-order chi connectivity index (χ1) is 17.0. The number of imide groups is 1. The summed E-state index contributed by atoms with van der Waals surface area (Å²) in [6, 6.07) is 13.6. The fourth-order valence-corrected chi connectivity index (χ4v) is 6.55. The van der Waals surface area contributed by atoms with Crippen LogP contribution in [0.4, 0.5) is 4.79 Å². The topological polar surface area (TPSA) is 73.0 Å². The highest BCUT2D eigenvalue weighted by atomic mass is 32.1. The fourth-order valence-electron chi connectivity index (χ4n) is 5.85. The molecule has 1 aromatic carbocycles. The number of rotatable bonds is 8. The van der Waals surface area contributed by atoms with Crippen molar-refractivity contribution in [2.75, 3.05) is 39.3 Å². The first-order valence-electron chi connectivity index (χ1n) is 12.8. The number of hydrogen-bond donors (Lipinski definition) is 1. The van der Waals surface area contributed by atoms with Crippen LogP contribution < -0.4 is 5.32 Å². The standard InChI is InChI=1S/C27H34N4O3S/c32-24(19-23-9-6-18-35-23)30-14-10-22(11-15-30)27(20-21-7-2-1-3-8-21)25(33)31(26(34)28-27)17-16-29-12-4-5-13-29/h1-3,6-9,18,22H,4-5,10-17,19-20H2,(H,28,34)/t27-/m1/s1. The second kappa shape index (κ2) is 10.5. The first-order valence-corrected chi connectivity index (χ1v) is 13.6. The predicted octanol–water partition coefficient (Wildman–Crippen LogP) is 3.16. The van der Waals surface area contributed by atoms with E-state index < -0.39 is 5.54 Å². The van der Waals surface area contributed by atoms with Crippen molar-refractivity contribution in [1.29, 1.82) is 0 Å². The number of piperidine rings is 1. The molecule has 5 rings (SSSR count). The van der Waals surface area contributed by atoms with Crippen LogP contribution in [0.5, 0.6) is 0 Å². The van der Waals surface area contributed by atoms with E-state index in [0.717, 1.165) is 30.1 Å². The van der Waals surface area contributed by atoms with E-state index in [-0.39, 0.29) is 23.8 Å². The van der Waals surface area contributed by atoms with Gasteiger partial charge in [-0.05, 0) is 61.7 Å². The highest BCUT2D eigenvalue weighted by Gasteiger charge is 2.55. The Kier molecular flexibility index (Phi) is 7.20. The molecule has 3 fully saturated rings. The number of benzene rings is 1. The molecule has 0 spiro atoms. The maximum atomic E-state index is 13.9. The molecule has 0 aliphatic carbocycles. The molecule has 186 valence electrons. The van der Waals surface area contributed by atoms with Gasteiger partial charge in [-0.3, -0.25) is 14.5 Å². The highest BCUT2D eigenvalue weighted by molar-refractivity contribution is 7.10. The largest absolute Gasteiger partial charge is 0.342 e. The summed E-state index contributed by atoms with van der Waals surface area (Å²) < 4.78 is 0. The van der Waals surface area contributed by atoms with E-state index >= 15 is 0 Å². The van der Waals surface area contributed by atoms with Gasteiger partial charge in [0.05, 0.1) is 6.42 Å². The summed E-state index contributed by atoms with van der Waals surface area (Å²) in [5.74, 6) is 0.0210. The van der Waals surface area contributed by atoms with Crippen LogP contribution in [0.15, 0.2) is 47.8 Å². The van der Waals surface area contributed by atoms with Crippen LogP contribution in [-0.2, 0) is 22.4 Å². The summed E-state index contributed by atoms with van der Waals surface area (Å²) >= 11 is 1.60. The average molecular weight is 495 g/mol. The first kappa shape index (κ1) is 24.0. The minimum atomic E-state index is -0.952. The molecule has 1 atom stereocenters. The van der Waals surface area contributed by atoms with Gasteiger partial charge in [-0.2, -0.15) is 0 Å². The van der Waals surface area contributed by atoms with E-state index in [9.17, 15) is 14.4 Å². The van der Waals surface area contributed by atoms with Crippen LogP contribution in [-0.4, -0.2) is 77.4 Å². The Morgan fingerprint density at radius 2 is 1.71 bits per heavy atom. The van der Waals surface area contributed by atoms with E-state index in [1.165, 1.54) is 17.7 Å². The van der Waals surface area contributed by atoms with Crippen LogP contribution in [0.1, 0.15) is 36.1 Å². The summed E-state index contributed by atoms with van der Waals surface area (Å²) in [6.07, 6.45) is 4.68. The van der Waals surface area contributed by atoms with Crippen molar-refractivity contribution in [3.8, 4) is 0 Å². The Balaban J connectivity index is 1.30. The van der Waals surface area contributed by atoms with Crippen molar-refractivity contribution >= 4 is 29.2 Å². The molecule has 0 radical (unpaired) electrons. The molecular formula is C27H34N4O3S. The second-order valence-corrected chi connectivity index (χ2v) is 11.0. The summed E-state index contributed by atoms with van der Waals surface area (Å²) in [6.45, 7) is 4.47. The van der Waals surface area contributed by atoms with Crippen LogP contribution in [0.25, 0.3) is 0 Å². The highest BCUT2D eigenvalue weighted by Crippen LogP contribution is 2.36. The molecule has 4 amide bonds. The number of nitrogens with one attached hydrogen (secondary N) is 1. The van der Waals surface area contributed by atoms with Gasteiger partial charge in [-0.25, -0.2) is 4.79 Å². The zero-order valence-electron chi connectivity index (χ0n) is 20.2. The summed E-state index contributed by atoms with van der Waals surface area (Å²) in [5, 5.41) is 5.15. The summed E-state index contributed by atoms with van der Waals surface area (Å²) in [7, 11) is 0. The second-order valence-electron chi connectivity index (χ2n) is 9.98. The third-order valence-electron chi connectivity index (χ3n) is 7.82. The molecule has 35 heavy (non-hydrogen) atoms. The van der Waals surface area contributed by atoms with Gasteiger partial charge in [0, 0.05) is 37.5 Å². The zero-order valence-corrected chi connectivity index (χ0v) is 21.0. The molecule has 1 aromatic heterocycles. The average Bonchev–Trinajstić information content (AvgIpc) is 3.62. The van der Waals surface area contributed by atoms with Gasteiger partial charge in [-0.15, -0.1) is 11.3 Å². The van der Waals surface area contributed by atoms with Crippen molar-refractivity contribution in [3.63, 3.8) is 0 Å². The number of hydrogen-bond acceptors (Lipinski definition) is 5. The fraction of sp³-hybridized carbons (Fsp3) is 0.519. The molecule has 4 heterocycles. The molecule has 3 saturated heterocycles. The lowest BCUT2D eigenvalue weighted by atomic mass is 9.74. The lowest BCUT2D eigenvalue weighted by Gasteiger charge is -2.41. The van der Waals surface area contributed by atoms with E-state index in [0.29, 0.717) is 45.3 Å². The Morgan fingerprint density at radius 3 is 2.40 bits per heavy atom. The van der Waals surface area contributed by atoms with Crippen molar-refractivity contribution in [1.82, 2.24) is 20.0 Å². The molecule has 0 bridgehead atoms. The van der Waals surface area contributed by atoms with Gasteiger partial charge in [0.25, 0.3) is 5.91 Å². The number of urea groups is 1. The lowest BCUT2D eigenvalue weighted by molar-refractivity contribution is -0.135. The third kappa shape index (κ3) is 5.14. The van der Waals surface area contributed by atoms with Gasteiger partial charge in [0.15, 0.2) is 0 Å². The van der Waals surface area contributed by atoms with Crippen molar-refractivity contribution in [2.24, 2.45) is 5.92 Å². The molecule has 0 saturated carbocycles. The zero-order chi connectivity index (χ0) is 24.3. The number of carbonyl (C=O) groups excluding carboxylic acids is 3. The normalized spacial score (nSPS) is 23.8. The van der Waals surface area contributed by atoms with Gasteiger partial charge in [0.1, 0.15) is 5.54 Å². The molecule has 1 N–H and O–H groups in total. The van der Waals surface area contributed by atoms with Crippen molar-refractivity contribution in [3.05, 3.63) is 58.3 Å². The predicted molar refractivity (Wildman–Crippen MR) is 136 cm³/mol. The molecule has 3 aliphatic rings. The van der Waals surface area contributed by atoms with E-state index in [1.54, 1.807) is 11.3 Å². The van der Waals surface area contributed by atoms with Crippen LogP contribution in [0, 0.1) is 5.92 Å². The van der Waals surface area contributed by atoms with Gasteiger partial charge in [0.2, 0.25) is 5.91 Å². The minimum Gasteiger partial charge on any atom is -0.342 e. The number of amides is 4. The van der Waals surface area contributed by atoms with Gasteiger partial charge in [-0.1, -0.05) is 36.4 Å².